The predicted octanol–water partition coefficient (Wildman–Crippen LogP) is 1.57. The Hall–Kier alpha value is -0.0800. The van der Waals surface area contributed by atoms with Crippen molar-refractivity contribution < 1.29 is 12.7 Å². The van der Waals surface area contributed by atoms with Crippen molar-refractivity contribution >= 4 is 0 Å². The SMILES string of the molecule is [2H]C([2H])([2H])N(C)[C@@H]1CCCC[C@H]1[N+](C)(C)C([2H])([2H])[2H]. The van der Waals surface area contributed by atoms with Crippen LogP contribution in [-0.4, -0.2) is 56.6 Å². The van der Waals surface area contributed by atoms with E-state index < -0.39 is 14.0 Å². The van der Waals surface area contributed by atoms with Crippen molar-refractivity contribution in [1.29, 1.82) is 0 Å². The van der Waals surface area contributed by atoms with Gasteiger partial charge in [0.1, 0.15) is 6.04 Å². The van der Waals surface area contributed by atoms with Crippen LogP contribution in [0.15, 0.2) is 0 Å². The highest BCUT2D eigenvalue weighted by Crippen LogP contribution is 2.27. The second-order valence-electron chi connectivity index (χ2n) is 4.57. The summed E-state index contributed by atoms with van der Waals surface area (Å²) in [6.45, 7) is -4.30. The summed E-state index contributed by atoms with van der Waals surface area (Å²) in [5, 5.41) is 0. The molecule has 1 fully saturated rings. The molecule has 0 heterocycles. The van der Waals surface area contributed by atoms with Gasteiger partial charge in [0.15, 0.2) is 0 Å². The van der Waals surface area contributed by atoms with Gasteiger partial charge in [0.2, 0.25) is 0 Å². The third kappa shape index (κ3) is 2.68. The fraction of sp³-hybridized carbons (Fsp3) is 1.00. The van der Waals surface area contributed by atoms with Gasteiger partial charge in [-0.1, -0.05) is 6.42 Å². The molecule has 0 aromatic heterocycles. The van der Waals surface area contributed by atoms with E-state index in [-0.39, 0.29) is 16.6 Å². The molecule has 2 nitrogen and oxygen atoms in total. The van der Waals surface area contributed by atoms with Gasteiger partial charge in [-0.15, -0.1) is 0 Å². The van der Waals surface area contributed by atoms with Gasteiger partial charge in [-0.2, -0.15) is 0 Å². The standard InChI is InChI=1S/C11H25N2/c1-12(2)10-8-6-7-9-11(10)13(3,4)5/h10-11H,6-9H2,1-5H3/q+1/t10-,11-/m1/s1/i1D3,3D3. The zero-order chi connectivity index (χ0) is 15.1. The van der Waals surface area contributed by atoms with Gasteiger partial charge >= 0.3 is 0 Å². The Kier molecular flexibility index (Phi) is 1.57. The molecule has 0 unspecified atom stereocenters. The van der Waals surface area contributed by atoms with Crippen LogP contribution >= 0.6 is 0 Å². The first-order valence-corrected chi connectivity index (χ1v) is 4.96. The third-order valence-corrected chi connectivity index (χ3v) is 3.02. The zero-order valence-corrected chi connectivity index (χ0v) is 8.88. The number of quaternary nitrogens is 1. The monoisotopic (exact) mass is 191 g/mol. The van der Waals surface area contributed by atoms with E-state index in [0.717, 1.165) is 25.7 Å². The summed E-state index contributed by atoms with van der Waals surface area (Å²) in [5.41, 5.74) is 0. The Morgan fingerprint density at radius 1 is 1.31 bits per heavy atom. The summed E-state index contributed by atoms with van der Waals surface area (Å²) < 4.78 is 45.6. The average Bonchev–Trinajstić information content (AvgIpc) is 2.25. The lowest BCUT2D eigenvalue weighted by Gasteiger charge is -2.44. The summed E-state index contributed by atoms with van der Waals surface area (Å²) in [5.74, 6) is 0. The maximum absolute atomic E-state index is 7.70. The van der Waals surface area contributed by atoms with Crippen molar-refractivity contribution in [3.8, 4) is 0 Å². The van der Waals surface area contributed by atoms with Crippen molar-refractivity contribution in [2.45, 2.75) is 37.8 Å². The molecule has 2 heteroatoms. The minimum Gasteiger partial charge on any atom is -0.327 e. The first-order chi connectivity index (χ1) is 8.39. The summed E-state index contributed by atoms with van der Waals surface area (Å²) >= 11 is 0. The normalized spacial score (nSPS) is 39.7. The van der Waals surface area contributed by atoms with Gasteiger partial charge in [0, 0.05) is 10.5 Å². The highest BCUT2D eigenvalue weighted by atomic mass is 15.3. The maximum atomic E-state index is 7.70. The summed E-state index contributed by atoms with van der Waals surface area (Å²) in [6.07, 6.45) is 3.43. The summed E-state index contributed by atoms with van der Waals surface area (Å²) in [7, 11) is 4.95. The van der Waals surface area contributed by atoms with Crippen molar-refractivity contribution in [3.05, 3.63) is 0 Å². The molecular weight excluding hydrogens is 160 g/mol. The van der Waals surface area contributed by atoms with Crippen molar-refractivity contribution in [1.82, 2.24) is 4.90 Å². The lowest BCUT2D eigenvalue weighted by Crippen LogP contribution is -2.57. The Labute approximate surface area is 91.5 Å². The number of nitrogens with zero attached hydrogens (tertiary/aromatic N) is 2. The van der Waals surface area contributed by atoms with E-state index in [1.54, 1.807) is 21.1 Å². The van der Waals surface area contributed by atoms with E-state index in [9.17, 15) is 0 Å². The van der Waals surface area contributed by atoms with Crippen molar-refractivity contribution in [3.63, 3.8) is 0 Å². The molecule has 0 aliphatic heterocycles. The van der Waals surface area contributed by atoms with E-state index >= 15 is 0 Å². The van der Waals surface area contributed by atoms with Crippen LogP contribution in [0.5, 0.6) is 0 Å². The second-order valence-corrected chi connectivity index (χ2v) is 4.57. The zero-order valence-electron chi connectivity index (χ0n) is 14.9. The smallest absolute Gasteiger partial charge is 0.104 e. The molecule has 78 valence electrons. The van der Waals surface area contributed by atoms with Crippen LogP contribution in [0.4, 0.5) is 0 Å². The highest BCUT2D eigenvalue weighted by molar-refractivity contribution is 4.81. The number of hydrogen-bond donors (Lipinski definition) is 0. The maximum Gasteiger partial charge on any atom is 0.104 e. The van der Waals surface area contributed by atoms with Crippen LogP contribution < -0.4 is 0 Å². The first-order valence-electron chi connectivity index (χ1n) is 7.96. The molecule has 1 saturated carbocycles. The first kappa shape index (κ1) is 5.13. The highest BCUT2D eigenvalue weighted by Gasteiger charge is 2.35. The largest absolute Gasteiger partial charge is 0.327 e. The van der Waals surface area contributed by atoms with Crippen LogP contribution in [0, 0.1) is 0 Å². The molecule has 0 aromatic carbocycles. The van der Waals surface area contributed by atoms with Gasteiger partial charge in [0.05, 0.1) is 31.2 Å². The molecular formula is C11H25N2+. The van der Waals surface area contributed by atoms with E-state index in [1.165, 1.54) is 4.90 Å². The summed E-state index contributed by atoms with van der Waals surface area (Å²) in [6, 6.07) is -0.386. The van der Waals surface area contributed by atoms with Crippen molar-refractivity contribution in [2.24, 2.45) is 0 Å². The fourth-order valence-corrected chi connectivity index (χ4v) is 2.30. The van der Waals surface area contributed by atoms with Crippen LogP contribution in [0.25, 0.3) is 0 Å². The van der Waals surface area contributed by atoms with Crippen LogP contribution in [-0.2, 0) is 0 Å². The third-order valence-electron chi connectivity index (χ3n) is 3.02. The molecule has 0 spiro atoms. The lowest BCUT2D eigenvalue weighted by molar-refractivity contribution is -0.899. The Balaban J connectivity index is 3.02. The molecule has 1 rings (SSSR count). The molecule has 0 aromatic rings. The van der Waals surface area contributed by atoms with E-state index in [0.29, 0.717) is 0 Å². The molecule has 1 aliphatic carbocycles. The molecule has 0 N–H and O–H groups in total. The average molecular weight is 191 g/mol. The number of rotatable bonds is 2. The molecule has 1 aliphatic rings. The Morgan fingerprint density at radius 3 is 2.62 bits per heavy atom. The van der Waals surface area contributed by atoms with Gasteiger partial charge < -0.3 is 9.38 Å². The number of likely N-dealkylation sites (N-methyl/N-ethyl adjacent to an activating group) is 2. The molecule has 2 atom stereocenters. The molecule has 0 bridgehead atoms. The minimum absolute atomic E-state index is 0.127. The van der Waals surface area contributed by atoms with E-state index in [2.05, 4.69) is 0 Å². The molecule has 13 heavy (non-hydrogen) atoms. The molecule has 0 saturated heterocycles. The molecule has 0 amide bonds. The van der Waals surface area contributed by atoms with Gasteiger partial charge in [0.25, 0.3) is 0 Å². The summed E-state index contributed by atoms with van der Waals surface area (Å²) in [4.78, 5) is 1.38. The van der Waals surface area contributed by atoms with Gasteiger partial charge in [-0.25, -0.2) is 0 Å². The van der Waals surface area contributed by atoms with Crippen molar-refractivity contribution in [2.75, 3.05) is 35.1 Å². The van der Waals surface area contributed by atoms with Crippen LogP contribution in [0.1, 0.15) is 33.9 Å². The van der Waals surface area contributed by atoms with Gasteiger partial charge in [-0.3, -0.25) is 0 Å². The fourth-order valence-electron chi connectivity index (χ4n) is 2.30. The number of hydrogen-bond acceptors (Lipinski definition) is 1. The predicted molar refractivity (Wildman–Crippen MR) is 57.8 cm³/mol. The van der Waals surface area contributed by atoms with E-state index in [1.807, 2.05) is 0 Å². The Bertz CT molecular complexity index is 309. The van der Waals surface area contributed by atoms with Crippen LogP contribution in [0.2, 0.25) is 0 Å². The van der Waals surface area contributed by atoms with Gasteiger partial charge in [-0.05, 0) is 26.9 Å². The lowest BCUT2D eigenvalue weighted by atomic mass is 9.88. The second kappa shape index (κ2) is 3.97. The van der Waals surface area contributed by atoms with E-state index in [4.69, 9.17) is 8.22 Å². The Morgan fingerprint density at radius 2 is 2.00 bits per heavy atom. The topological polar surface area (TPSA) is 3.24 Å². The van der Waals surface area contributed by atoms with Crippen LogP contribution in [0.3, 0.4) is 0 Å². The molecule has 0 radical (unpaired) electrons. The minimum atomic E-state index is -2.17. The quantitative estimate of drug-likeness (QED) is 0.599.